The zero-order valence-electron chi connectivity index (χ0n) is 14.4. The van der Waals surface area contributed by atoms with E-state index in [4.69, 9.17) is 0 Å². The number of amides is 1. The standard InChI is InChI=1S/C17H25N5OS/c1-3-6-22-7-4-13(5-8-22)9-18-16(23)15-12-24-17(20-15)14-10-19-21(2)11-14/h10-13H,3-9H2,1-2H3,(H,18,23). The van der Waals surface area contributed by atoms with Gasteiger partial charge >= 0.3 is 0 Å². The van der Waals surface area contributed by atoms with Gasteiger partial charge < -0.3 is 10.2 Å². The molecule has 1 N–H and O–H groups in total. The van der Waals surface area contributed by atoms with Crippen LogP contribution in [-0.4, -0.2) is 51.8 Å². The molecule has 3 heterocycles. The van der Waals surface area contributed by atoms with Gasteiger partial charge in [-0.2, -0.15) is 5.10 Å². The predicted octanol–water partition coefficient (Wildman–Crippen LogP) is 2.40. The zero-order chi connectivity index (χ0) is 16.9. The summed E-state index contributed by atoms with van der Waals surface area (Å²) in [5.74, 6) is 0.510. The third-order valence-electron chi connectivity index (χ3n) is 4.49. The first kappa shape index (κ1) is 17.1. The van der Waals surface area contributed by atoms with Crippen molar-refractivity contribution in [2.45, 2.75) is 26.2 Å². The van der Waals surface area contributed by atoms with Crippen LogP contribution in [0.2, 0.25) is 0 Å². The molecule has 0 bridgehead atoms. The fourth-order valence-corrected chi connectivity index (χ4v) is 3.88. The van der Waals surface area contributed by atoms with Crippen LogP contribution in [0.15, 0.2) is 17.8 Å². The second-order valence-corrected chi connectivity index (χ2v) is 7.29. The highest BCUT2D eigenvalue weighted by atomic mass is 32.1. The van der Waals surface area contributed by atoms with Crippen LogP contribution in [-0.2, 0) is 7.05 Å². The molecule has 0 atom stereocenters. The Morgan fingerprint density at radius 1 is 1.42 bits per heavy atom. The number of thiazole rings is 1. The van der Waals surface area contributed by atoms with E-state index in [1.807, 2.05) is 18.6 Å². The average Bonchev–Trinajstić information content (AvgIpc) is 3.23. The molecule has 7 heteroatoms. The number of nitrogens with zero attached hydrogens (tertiary/aromatic N) is 4. The Morgan fingerprint density at radius 3 is 2.88 bits per heavy atom. The highest BCUT2D eigenvalue weighted by molar-refractivity contribution is 7.13. The number of hydrogen-bond acceptors (Lipinski definition) is 5. The van der Waals surface area contributed by atoms with Crippen molar-refractivity contribution in [3.63, 3.8) is 0 Å². The fraction of sp³-hybridized carbons (Fsp3) is 0.588. The number of piperidine rings is 1. The second-order valence-electron chi connectivity index (χ2n) is 6.44. The molecular weight excluding hydrogens is 322 g/mol. The number of likely N-dealkylation sites (tertiary alicyclic amines) is 1. The van der Waals surface area contributed by atoms with Gasteiger partial charge in [0.2, 0.25) is 0 Å². The van der Waals surface area contributed by atoms with E-state index in [0.717, 1.165) is 43.0 Å². The first-order valence-electron chi connectivity index (χ1n) is 8.60. The van der Waals surface area contributed by atoms with Crippen LogP contribution in [0, 0.1) is 5.92 Å². The Bertz CT molecular complexity index is 672. The Labute approximate surface area is 146 Å². The van der Waals surface area contributed by atoms with Gasteiger partial charge in [0.05, 0.1) is 6.20 Å². The minimum absolute atomic E-state index is 0.0719. The molecule has 1 amide bonds. The Kier molecular flexibility index (Phi) is 5.63. The molecule has 0 radical (unpaired) electrons. The molecule has 24 heavy (non-hydrogen) atoms. The van der Waals surface area contributed by atoms with E-state index in [0.29, 0.717) is 11.6 Å². The van der Waals surface area contributed by atoms with E-state index in [1.54, 1.807) is 10.9 Å². The molecule has 2 aromatic heterocycles. The number of aromatic nitrogens is 3. The molecule has 130 valence electrons. The Morgan fingerprint density at radius 2 is 2.21 bits per heavy atom. The van der Waals surface area contributed by atoms with Crippen LogP contribution in [0.4, 0.5) is 0 Å². The summed E-state index contributed by atoms with van der Waals surface area (Å²) in [5.41, 5.74) is 1.45. The predicted molar refractivity (Wildman–Crippen MR) is 96.1 cm³/mol. The third-order valence-corrected chi connectivity index (χ3v) is 5.38. The quantitative estimate of drug-likeness (QED) is 0.871. The van der Waals surface area contributed by atoms with Crippen LogP contribution in [0.3, 0.4) is 0 Å². The van der Waals surface area contributed by atoms with E-state index in [9.17, 15) is 4.79 Å². The SMILES string of the molecule is CCCN1CCC(CNC(=O)c2csc(-c3cnn(C)c3)n2)CC1. The smallest absolute Gasteiger partial charge is 0.270 e. The van der Waals surface area contributed by atoms with Crippen LogP contribution < -0.4 is 5.32 Å². The monoisotopic (exact) mass is 347 g/mol. The highest BCUT2D eigenvalue weighted by Gasteiger charge is 2.20. The molecule has 0 spiro atoms. The molecular formula is C17H25N5OS. The van der Waals surface area contributed by atoms with Crippen LogP contribution in [0.1, 0.15) is 36.7 Å². The van der Waals surface area contributed by atoms with Crippen molar-refractivity contribution in [2.75, 3.05) is 26.2 Å². The lowest BCUT2D eigenvalue weighted by Gasteiger charge is -2.31. The van der Waals surface area contributed by atoms with Gasteiger partial charge in [-0.05, 0) is 44.8 Å². The van der Waals surface area contributed by atoms with Gasteiger partial charge in [0.25, 0.3) is 5.91 Å². The van der Waals surface area contributed by atoms with Crippen molar-refractivity contribution in [1.29, 1.82) is 0 Å². The van der Waals surface area contributed by atoms with Crippen molar-refractivity contribution >= 4 is 17.2 Å². The Balaban J connectivity index is 1.48. The number of hydrogen-bond donors (Lipinski definition) is 1. The summed E-state index contributed by atoms with van der Waals surface area (Å²) in [7, 11) is 1.87. The average molecular weight is 347 g/mol. The Hall–Kier alpha value is -1.73. The molecule has 6 nitrogen and oxygen atoms in total. The summed E-state index contributed by atoms with van der Waals surface area (Å²) in [6, 6.07) is 0. The minimum atomic E-state index is -0.0719. The molecule has 0 aliphatic carbocycles. The number of aryl methyl sites for hydroxylation is 1. The van der Waals surface area contributed by atoms with E-state index >= 15 is 0 Å². The van der Waals surface area contributed by atoms with Crippen molar-refractivity contribution in [3.05, 3.63) is 23.5 Å². The van der Waals surface area contributed by atoms with Gasteiger partial charge in [0.15, 0.2) is 0 Å². The fourth-order valence-electron chi connectivity index (χ4n) is 3.10. The van der Waals surface area contributed by atoms with Crippen molar-refractivity contribution in [2.24, 2.45) is 13.0 Å². The summed E-state index contributed by atoms with van der Waals surface area (Å²) in [4.78, 5) is 19.3. The molecule has 1 aliphatic heterocycles. The molecule has 1 aliphatic rings. The second kappa shape index (κ2) is 7.90. The van der Waals surface area contributed by atoms with Crippen LogP contribution in [0.5, 0.6) is 0 Å². The van der Waals surface area contributed by atoms with Crippen molar-refractivity contribution in [1.82, 2.24) is 25.0 Å². The highest BCUT2D eigenvalue weighted by Crippen LogP contribution is 2.23. The maximum Gasteiger partial charge on any atom is 0.270 e. The summed E-state index contributed by atoms with van der Waals surface area (Å²) in [5, 5.41) is 9.85. The molecule has 3 rings (SSSR count). The molecule has 2 aromatic rings. The zero-order valence-corrected chi connectivity index (χ0v) is 15.2. The first-order valence-corrected chi connectivity index (χ1v) is 9.48. The van der Waals surface area contributed by atoms with Gasteiger partial charge in [-0.25, -0.2) is 4.98 Å². The number of nitrogens with one attached hydrogen (secondary N) is 1. The first-order chi connectivity index (χ1) is 11.7. The lowest BCUT2D eigenvalue weighted by molar-refractivity contribution is 0.0932. The maximum absolute atomic E-state index is 12.3. The summed E-state index contributed by atoms with van der Waals surface area (Å²) < 4.78 is 1.74. The van der Waals surface area contributed by atoms with Gasteiger partial charge in [-0.1, -0.05) is 6.92 Å². The van der Waals surface area contributed by atoms with Crippen molar-refractivity contribution < 1.29 is 4.79 Å². The largest absolute Gasteiger partial charge is 0.350 e. The van der Waals surface area contributed by atoms with Crippen LogP contribution >= 0.6 is 11.3 Å². The molecule has 1 fully saturated rings. The lowest BCUT2D eigenvalue weighted by atomic mass is 9.96. The van der Waals surface area contributed by atoms with E-state index in [1.165, 1.54) is 24.3 Å². The number of carbonyl (C=O) groups excluding carboxylic acids is 1. The molecule has 0 aromatic carbocycles. The molecule has 0 saturated carbocycles. The normalized spacial score (nSPS) is 16.4. The summed E-state index contributed by atoms with van der Waals surface area (Å²) in [6.45, 7) is 6.46. The molecule has 1 saturated heterocycles. The van der Waals surface area contributed by atoms with Gasteiger partial charge in [0.1, 0.15) is 10.7 Å². The molecule has 0 unspecified atom stereocenters. The summed E-state index contributed by atoms with van der Waals surface area (Å²) in [6.07, 6.45) is 7.22. The van der Waals surface area contributed by atoms with E-state index in [2.05, 4.69) is 27.2 Å². The number of carbonyl (C=O) groups is 1. The topological polar surface area (TPSA) is 63.1 Å². The minimum Gasteiger partial charge on any atom is -0.350 e. The van der Waals surface area contributed by atoms with Crippen molar-refractivity contribution in [3.8, 4) is 10.6 Å². The van der Waals surface area contributed by atoms with Crippen LogP contribution in [0.25, 0.3) is 10.6 Å². The van der Waals surface area contributed by atoms with Gasteiger partial charge in [0, 0.05) is 30.7 Å². The third kappa shape index (κ3) is 4.21. The lowest BCUT2D eigenvalue weighted by Crippen LogP contribution is -2.38. The van der Waals surface area contributed by atoms with E-state index in [-0.39, 0.29) is 5.91 Å². The number of rotatable bonds is 6. The summed E-state index contributed by atoms with van der Waals surface area (Å²) >= 11 is 1.48. The van der Waals surface area contributed by atoms with Gasteiger partial charge in [-0.15, -0.1) is 11.3 Å². The van der Waals surface area contributed by atoms with Gasteiger partial charge in [-0.3, -0.25) is 9.48 Å². The van der Waals surface area contributed by atoms with E-state index < -0.39 is 0 Å². The maximum atomic E-state index is 12.3.